The van der Waals surface area contributed by atoms with Gasteiger partial charge in [0, 0.05) is 39.1 Å². The standard InChI is InChI=1S/C13H26N2O3/c1-3-4-7-14-12(16)11(2)15-10-13(17)5-8-18-9-6-13/h11,15,17H,3-10H2,1-2H3,(H,14,16). The zero-order chi connectivity index (χ0) is 13.4. The van der Waals surface area contributed by atoms with Gasteiger partial charge in [0.15, 0.2) is 0 Å². The first kappa shape index (κ1) is 15.4. The average Bonchev–Trinajstić information content (AvgIpc) is 2.37. The van der Waals surface area contributed by atoms with Crippen molar-refractivity contribution in [2.75, 3.05) is 26.3 Å². The molecule has 1 aliphatic heterocycles. The first-order chi connectivity index (χ1) is 8.57. The molecule has 1 unspecified atom stereocenters. The molecule has 0 aromatic carbocycles. The van der Waals surface area contributed by atoms with Gasteiger partial charge in [0.2, 0.25) is 5.91 Å². The van der Waals surface area contributed by atoms with Gasteiger partial charge in [0.1, 0.15) is 0 Å². The van der Waals surface area contributed by atoms with E-state index >= 15 is 0 Å². The molecule has 0 aromatic rings. The number of carbonyl (C=O) groups is 1. The lowest BCUT2D eigenvalue weighted by molar-refractivity contribution is -0.123. The highest BCUT2D eigenvalue weighted by molar-refractivity contribution is 5.81. The summed E-state index contributed by atoms with van der Waals surface area (Å²) in [7, 11) is 0. The summed E-state index contributed by atoms with van der Waals surface area (Å²) >= 11 is 0. The molecule has 0 radical (unpaired) electrons. The Hall–Kier alpha value is -0.650. The summed E-state index contributed by atoms with van der Waals surface area (Å²) < 4.78 is 5.22. The van der Waals surface area contributed by atoms with Crippen LogP contribution in [0.4, 0.5) is 0 Å². The van der Waals surface area contributed by atoms with E-state index in [1.807, 2.05) is 6.92 Å². The largest absolute Gasteiger partial charge is 0.388 e. The van der Waals surface area contributed by atoms with E-state index in [9.17, 15) is 9.90 Å². The topological polar surface area (TPSA) is 70.6 Å². The molecule has 5 nitrogen and oxygen atoms in total. The third-order valence-electron chi connectivity index (χ3n) is 3.38. The fourth-order valence-electron chi connectivity index (χ4n) is 1.91. The number of carbonyl (C=O) groups excluding carboxylic acids is 1. The number of nitrogens with one attached hydrogen (secondary N) is 2. The van der Waals surface area contributed by atoms with Crippen LogP contribution < -0.4 is 10.6 Å². The quantitative estimate of drug-likeness (QED) is 0.579. The van der Waals surface area contributed by atoms with Crippen molar-refractivity contribution in [1.82, 2.24) is 10.6 Å². The predicted molar refractivity (Wildman–Crippen MR) is 70.4 cm³/mol. The van der Waals surface area contributed by atoms with Crippen LogP contribution in [0.5, 0.6) is 0 Å². The number of hydrogen-bond donors (Lipinski definition) is 3. The molecule has 1 saturated heterocycles. The monoisotopic (exact) mass is 258 g/mol. The molecule has 0 saturated carbocycles. The highest BCUT2D eigenvalue weighted by Gasteiger charge is 2.30. The molecule has 0 aromatic heterocycles. The van der Waals surface area contributed by atoms with Crippen LogP contribution in [0.3, 0.4) is 0 Å². The fraction of sp³-hybridized carbons (Fsp3) is 0.923. The molecule has 3 N–H and O–H groups in total. The summed E-state index contributed by atoms with van der Waals surface area (Å²) in [5, 5.41) is 16.2. The normalized spacial score (nSPS) is 20.4. The van der Waals surface area contributed by atoms with E-state index in [1.165, 1.54) is 0 Å². The maximum atomic E-state index is 11.7. The van der Waals surface area contributed by atoms with E-state index < -0.39 is 5.60 Å². The molecular formula is C13H26N2O3. The van der Waals surface area contributed by atoms with Gasteiger partial charge in [-0.3, -0.25) is 4.79 Å². The fourth-order valence-corrected chi connectivity index (χ4v) is 1.91. The molecule has 1 fully saturated rings. The van der Waals surface area contributed by atoms with E-state index in [4.69, 9.17) is 4.74 Å². The van der Waals surface area contributed by atoms with Gasteiger partial charge in [0.05, 0.1) is 11.6 Å². The van der Waals surface area contributed by atoms with Gasteiger partial charge >= 0.3 is 0 Å². The summed E-state index contributed by atoms with van der Waals surface area (Å²) in [5.41, 5.74) is -0.726. The lowest BCUT2D eigenvalue weighted by Gasteiger charge is -2.33. The minimum Gasteiger partial charge on any atom is -0.388 e. The Labute approximate surface area is 109 Å². The summed E-state index contributed by atoms with van der Waals surface area (Å²) in [5.74, 6) is -0.000825. The van der Waals surface area contributed by atoms with Crippen molar-refractivity contribution in [1.29, 1.82) is 0 Å². The molecule has 5 heteroatoms. The highest BCUT2D eigenvalue weighted by atomic mass is 16.5. The van der Waals surface area contributed by atoms with Crippen molar-refractivity contribution in [3.05, 3.63) is 0 Å². The number of hydrogen-bond acceptors (Lipinski definition) is 4. The Kier molecular flexibility index (Phi) is 6.60. The number of unbranched alkanes of at least 4 members (excludes halogenated alkanes) is 1. The van der Waals surface area contributed by atoms with Crippen LogP contribution in [-0.4, -0.2) is 49.0 Å². The van der Waals surface area contributed by atoms with Gasteiger partial charge in [0.25, 0.3) is 0 Å². The van der Waals surface area contributed by atoms with Crippen LogP contribution in [0.1, 0.15) is 39.5 Å². The summed E-state index contributed by atoms with van der Waals surface area (Å²) in [4.78, 5) is 11.7. The molecule has 0 aliphatic carbocycles. The molecule has 1 heterocycles. The SMILES string of the molecule is CCCCNC(=O)C(C)NCC1(O)CCOCC1. The lowest BCUT2D eigenvalue weighted by atomic mass is 9.94. The van der Waals surface area contributed by atoms with Crippen molar-refractivity contribution >= 4 is 5.91 Å². The molecule has 1 atom stereocenters. The third kappa shape index (κ3) is 5.33. The summed E-state index contributed by atoms with van der Waals surface area (Å²) in [6.45, 7) is 6.27. The average molecular weight is 258 g/mol. The predicted octanol–water partition coefficient (Wildman–Crippen LogP) is 0.422. The van der Waals surface area contributed by atoms with E-state index in [0.29, 0.717) is 32.6 Å². The Balaban J connectivity index is 2.22. The van der Waals surface area contributed by atoms with Gasteiger partial charge in [-0.1, -0.05) is 13.3 Å². The van der Waals surface area contributed by atoms with Crippen LogP contribution in [0, 0.1) is 0 Å². The van der Waals surface area contributed by atoms with Crippen molar-refractivity contribution in [2.24, 2.45) is 0 Å². The van der Waals surface area contributed by atoms with Crippen molar-refractivity contribution in [3.8, 4) is 0 Å². The molecule has 1 amide bonds. The van der Waals surface area contributed by atoms with Crippen molar-refractivity contribution in [3.63, 3.8) is 0 Å². The van der Waals surface area contributed by atoms with Crippen LogP contribution in [0.2, 0.25) is 0 Å². The Morgan fingerprint density at radius 2 is 2.11 bits per heavy atom. The number of rotatable bonds is 7. The van der Waals surface area contributed by atoms with Gasteiger partial charge in [-0.05, 0) is 13.3 Å². The van der Waals surface area contributed by atoms with Crippen LogP contribution >= 0.6 is 0 Å². The Bertz CT molecular complexity index is 253. The number of aliphatic hydroxyl groups is 1. The van der Waals surface area contributed by atoms with Gasteiger partial charge in [-0.2, -0.15) is 0 Å². The smallest absolute Gasteiger partial charge is 0.236 e. The van der Waals surface area contributed by atoms with Crippen LogP contribution in [0.25, 0.3) is 0 Å². The molecule has 18 heavy (non-hydrogen) atoms. The highest BCUT2D eigenvalue weighted by Crippen LogP contribution is 2.19. The third-order valence-corrected chi connectivity index (χ3v) is 3.38. The van der Waals surface area contributed by atoms with E-state index in [-0.39, 0.29) is 11.9 Å². The maximum Gasteiger partial charge on any atom is 0.236 e. The maximum absolute atomic E-state index is 11.7. The minimum atomic E-state index is -0.726. The van der Waals surface area contributed by atoms with E-state index in [2.05, 4.69) is 17.6 Å². The molecule has 1 aliphatic rings. The number of amides is 1. The molecular weight excluding hydrogens is 232 g/mol. The van der Waals surface area contributed by atoms with Gasteiger partial charge in [-0.15, -0.1) is 0 Å². The zero-order valence-corrected chi connectivity index (χ0v) is 11.5. The molecule has 106 valence electrons. The zero-order valence-electron chi connectivity index (χ0n) is 11.5. The van der Waals surface area contributed by atoms with Crippen molar-refractivity contribution < 1.29 is 14.6 Å². The second-order valence-corrected chi connectivity index (χ2v) is 5.08. The van der Waals surface area contributed by atoms with Gasteiger partial charge in [-0.25, -0.2) is 0 Å². The Morgan fingerprint density at radius 1 is 1.44 bits per heavy atom. The van der Waals surface area contributed by atoms with Crippen molar-refractivity contribution in [2.45, 2.75) is 51.2 Å². The lowest BCUT2D eigenvalue weighted by Crippen LogP contribution is -2.51. The second-order valence-electron chi connectivity index (χ2n) is 5.08. The first-order valence-corrected chi connectivity index (χ1v) is 6.88. The summed E-state index contributed by atoms with van der Waals surface area (Å²) in [6, 6.07) is -0.270. The molecule has 1 rings (SSSR count). The summed E-state index contributed by atoms with van der Waals surface area (Å²) in [6.07, 6.45) is 3.33. The number of ether oxygens (including phenoxy) is 1. The minimum absolute atomic E-state index is 0.000825. The molecule has 0 bridgehead atoms. The van der Waals surface area contributed by atoms with E-state index in [0.717, 1.165) is 19.4 Å². The van der Waals surface area contributed by atoms with Gasteiger partial charge < -0.3 is 20.5 Å². The van der Waals surface area contributed by atoms with Crippen LogP contribution in [0.15, 0.2) is 0 Å². The van der Waals surface area contributed by atoms with Crippen LogP contribution in [-0.2, 0) is 9.53 Å². The first-order valence-electron chi connectivity index (χ1n) is 6.88. The molecule has 0 spiro atoms. The second kappa shape index (κ2) is 7.71. The Morgan fingerprint density at radius 3 is 2.72 bits per heavy atom. The van der Waals surface area contributed by atoms with E-state index in [1.54, 1.807) is 0 Å².